The second-order valence-corrected chi connectivity index (χ2v) is 1.77. The molecule has 11 heavy (non-hydrogen) atoms. The van der Waals surface area contributed by atoms with Gasteiger partial charge in [-0.1, -0.05) is 32.0 Å². The normalized spacial score (nSPS) is 7.91. The van der Waals surface area contributed by atoms with Crippen molar-refractivity contribution in [3.63, 3.8) is 0 Å². The number of benzene rings is 1. The van der Waals surface area contributed by atoms with Gasteiger partial charge in [-0.05, 0) is 23.9 Å². The van der Waals surface area contributed by atoms with Crippen molar-refractivity contribution in [2.75, 3.05) is 5.43 Å². The minimum absolute atomic E-state index is 0.951. The Bertz CT molecular complexity index is 165. The second kappa shape index (κ2) is 7.38. The van der Waals surface area contributed by atoms with Crippen LogP contribution < -0.4 is 10.4 Å². The van der Waals surface area contributed by atoms with Crippen molar-refractivity contribution in [3.05, 3.63) is 30.3 Å². The molecule has 0 saturated carbocycles. The fraction of sp³-hybridized carbons (Fsp3) is 0.250. The number of anilines is 1. The minimum atomic E-state index is 0.951. The first-order valence-corrected chi connectivity index (χ1v) is 3.98. The molecule has 1 rings (SSSR count). The average molecular weight is 173 g/mol. The van der Waals surface area contributed by atoms with Crippen LogP contribution in [0.5, 0.6) is 0 Å². The number of halogens is 1. The Hall–Kier alpha value is -0.730. The molecule has 2 N–H and O–H groups in total. The summed E-state index contributed by atoms with van der Waals surface area (Å²) in [6.45, 7) is 4.00. The highest BCUT2D eigenvalue weighted by molar-refractivity contribution is 6.13. The van der Waals surface area contributed by atoms with Crippen molar-refractivity contribution < 1.29 is 0 Å². The fourth-order valence-electron chi connectivity index (χ4n) is 0.576. The Balaban J connectivity index is 0.000000461. The van der Waals surface area contributed by atoms with Crippen LogP contribution in [0.25, 0.3) is 0 Å². The van der Waals surface area contributed by atoms with Crippen LogP contribution in [-0.4, -0.2) is 0 Å². The Morgan fingerprint density at radius 3 is 2.09 bits per heavy atom. The van der Waals surface area contributed by atoms with Gasteiger partial charge in [0, 0.05) is 5.69 Å². The summed E-state index contributed by atoms with van der Waals surface area (Å²) in [5.41, 5.74) is 3.67. The van der Waals surface area contributed by atoms with Gasteiger partial charge in [0.1, 0.15) is 0 Å². The van der Waals surface area contributed by atoms with Gasteiger partial charge in [0.05, 0.1) is 0 Å². The first-order valence-electron chi connectivity index (χ1n) is 3.60. The zero-order valence-electron chi connectivity index (χ0n) is 6.76. The quantitative estimate of drug-likeness (QED) is 0.530. The summed E-state index contributed by atoms with van der Waals surface area (Å²) in [5.74, 6) is 0. The van der Waals surface area contributed by atoms with E-state index in [1.807, 2.05) is 44.2 Å². The first kappa shape index (κ1) is 10.3. The minimum Gasteiger partial charge on any atom is -0.308 e. The molecule has 0 heterocycles. The lowest BCUT2D eigenvalue weighted by Gasteiger charge is -1.98. The Morgan fingerprint density at radius 2 is 1.64 bits per heavy atom. The molecule has 2 nitrogen and oxygen atoms in total. The summed E-state index contributed by atoms with van der Waals surface area (Å²) >= 11 is 5.17. The van der Waals surface area contributed by atoms with Crippen molar-refractivity contribution in [2.24, 2.45) is 0 Å². The summed E-state index contributed by atoms with van der Waals surface area (Å²) in [5, 5.41) is 0. The van der Waals surface area contributed by atoms with Gasteiger partial charge >= 0.3 is 0 Å². The molecule has 0 aliphatic rings. The lowest BCUT2D eigenvalue weighted by Crippen LogP contribution is -2.07. The number of nitrogens with one attached hydrogen (secondary N) is 2. The summed E-state index contributed by atoms with van der Waals surface area (Å²) in [6, 6.07) is 9.62. The molecule has 0 unspecified atom stereocenters. The molecule has 0 spiro atoms. The molecule has 0 aliphatic carbocycles. The van der Waals surface area contributed by atoms with E-state index in [9.17, 15) is 0 Å². The van der Waals surface area contributed by atoms with E-state index in [4.69, 9.17) is 11.8 Å². The van der Waals surface area contributed by atoms with Crippen LogP contribution in [0.2, 0.25) is 0 Å². The number of hydrazine groups is 1. The molecule has 0 radical (unpaired) electrons. The lowest BCUT2D eigenvalue weighted by atomic mass is 10.3. The van der Waals surface area contributed by atoms with E-state index >= 15 is 0 Å². The van der Waals surface area contributed by atoms with E-state index in [0.717, 1.165) is 5.69 Å². The van der Waals surface area contributed by atoms with Gasteiger partial charge in [-0.3, -0.25) is 0 Å². The van der Waals surface area contributed by atoms with Crippen molar-refractivity contribution in [2.45, 2.75) is 13.8 Å². The third-order valence-electron chi connectivity index (χ3n) is 0.965. The molecule has 0 atom stereocenters. The number of rotatable bonds is 2. The van der Waals surface area contributed by atoms with Gasteiger partial charge < -0.3 is 5.43 Å². The SMILES string of the molecule is CC.ClNNc1ccccc1. The summed E-state index contributed by atoms with van der Waals surface area (Å²) in [6.07, 6.45) is 0. The van der Waals surface area contributed by atoms with Crippen molar-refractivity contribution in [1.29, 1.82) is 0 Å². The molecule has 1 aromatic carbocycles. The van der Waals surface area contributed by atoms with Crippen molar-refractivity contribution >= 4 is 17.5 Å². The average Bonchev–Trinajstić information content (AvgIpc) is 2.11. The Labute approximate surface area is 72.7 Å². The summed E-state index contributed by atoms with van der Waals surface area (Å²) in [7, 11) is 0. The first-order chi connectivity index (χ1) is 5.43. The molecule has 0 amide bonds. The van der Waals surface area contributed by atoms with Crippen LogP contribution in [0, 0.1) is 0 Å². The molecular formula is C8H13ClN2. The molecule has 0 aromatic heterocycles. The highest BCUT2D eigenvalue weighted by Crippen LogP contribution is 2.02. The van der Waals surface area contributed by atoms with E-state index in [-0.39, 0.29) is 0 Å². The number of hydrogen-bond acceptors (Lipinski definition) is 2. The zero-order valence-corrected chi connectivity index (χ0v) is 7.52. The molecule has 3 heteroatoms. The van der Waals surface area contributed by atoms with Crippen molar-refractivity contribution in [1.82, 2.24) is 4.94 Å². The summed E-state index contributed by atoms with van der Waals surface area (Å²) < 4.78 is 0. The summed E-state index contributed by atoms with van der Waals surface area (Å²) in [4.78, 5) is 2.31. The predicted octanol–water partition coefficient (Wildman–Crippen LogP) is 2.78. The molecule has 0 aliphatic heterocycles. The highest BCUT2D eigenvalue weighted by atomic mass is 35.5. The fourth-order valence-corrected chi connectivity index (χ4v) is 0.685. The van der Waals surface area contributed by atoms with Crippen molar-refractivity contribution in [3.8, 4) is 0 Å². The van der Waals surface area contributed by atoms with Gasteiger partial charge in [0.15, 0.2) is 0 Å². The molecule has 0 bridgehead atoms. The van der Waals surface area contributed by atoms with Gasteiger partial charge in [-0.25, -0.2) is 0 Å². The highest BCUT2D eigenvalue weighted by Gasteiger charge is 1.81. The van der Waals surface area contributed by atoms with Crippen LogP contribution >= 0.6 is 11.8 Å². The van der Waals surface area contributed by atoms with Crippen LogP contribution in [0.4, 0.5) is 5.69 Å². The maximum Gasteiger partial charge on any atom is 0.0500 e. The monoisotopic (exact) mass is 172 g/mol. The van der Waals surface area contributed by atoms with E-state index in [0.29, 0.717) is 0 Å². The van der Waals surface area contributed by atoms with Crippen LogP contribution in [0.1, 0.15) is 13.8 Å². The Kier molecular flexibility index (Phi) is 6.89. The molecule has 0 fully saturated rings. The molecule has 0 saturated heterocycles. The maximum absolute atomic E-state index is 5.17. The molecule has 1 aromatic rings. The van der Waals surface area contributed by atoms with Crippen LogP contribution in [0.3, 0.4) is 0 Å². The Morgan fingerprint density at radius 1 is 1.09 bits per heavy atom. The lowest BCUT2D eigenvalue weighted by molar-refractivity contribution is 1.20. The maximum atomic E-state index is 5.17. The van der Waals surface area contributed by atoms with Crippen LogP contribution in [0.15, 0.2) is 30.3 Å². The number of hydrogen-bond donors (Lipinski definition) is 2. The van der Waals surface area contributed by atoms with E-state index < -0.39 is 0 Å². The molecule has 62 valence electrons. The zero-order chi connectivity index (χ0) is 8.53. The van der Waals surface area contributed by atoms with Gasteiger partial charge in [-0.15, -0.1) is 4.94 Å². The second-order valence-electron chi connectivity index (χ2n) is 1.59. The van der Waals surface area contributed by atoms with Gasteiger partial charge in [0.2, 0.25) is 0 Å². The third kappa shape index (κ3) is 4.65. The van der Waals surface area contributed by atoms with E-state index in [1.54, 1.807) is 0 Å². The third-order valence-corrected chi connectivity index (χ3v) is 1.06. The van der Waals surface area contributed by atoms with E-state index in [2.05, 4.69) is 10.4 Å². The molecular weight excluding hydrogens is 160 g/mol. The predicted molar refractivity (Wildman–Crippen MR) is 50.4 cm³/mol. The largest absolute Gasteiger partial charge is 0.308 e. The van der Waals surface area contributed by atoms with Crippen LogP contribution in [-0.2, 0) is 0 Å². The standard InChI is InChI=1S/C6H7ClN2.C2H6/c7-9-8-6-4-2-1-3-5-6;1-2/h1-5,8-9H;1-2H3. The van der Waals surface area contributed by atoms with Gasteiger partial charge in [0.25, 0.3) is 0 Å². The number of para-hydroxylation sites is 1. The van der Waals surface area contributed by atoms with Gasteiger partial charge in [-0.2, -0.15) is 0 Å². The topological polar surface area (TPSA) is 24.1 Å². The smallest absolute Gasteiger partial charge is 0.0500 e. The van der Waals surface area contributed by atoms with E-state index in [1.165, 1.54) is 0 Å².